The van der Waals surface area contributed by atoms with Crippen molar-refractivity contribution in [3.05, 3.63) is 34.5 Å². The Morgan fingerprint density at radius 3 is 2.54 bits per heavy atom. The van der Waals surface area contributed by atoms with Gasteiger partial charge in [0.25, 0.3) is 0 Å². The van der Waals surface area contributed by atoms with Crippen molar-refractivity contribution in [2.24, 2.45) is 0 Å². The largest absolute Gasteiger partial charge is 0.459 e. The van der Waals surface area contributed by atoms with Gasteiger partial charge in [-0.25, -0.2) is 0 Å². The molecule has 0 fully saturated rings. The normalized spacial score (nSPS) is 11.9. The fourth-order valence-corrected chi connectivity index (χ4v) is 3.33. The van der Waals surface area contributed by atoms with Crippen LogP contribution in [0.1, 0.15) is 58.7 Å². The molecule has 4 heteroatoms. The SMILES string of the molecule is CCCCc1c(CC)c2cc(Cl)ccc2n1CC(=O)OC(C)(C)C. The van der Waals surface area contributed by atoms with Crippen molar-refractivity contribution >= 4 is 28.5 Å². The van der Waals surface area contributed by atoms with Crippen LogP contribution in [0.3, 0.4) is 0 Å². The summed E-state index contributed by atoms with van der Waals surface area (Å²) < 4.78 is 7.65. The van der Waals surface area contributed by atoms with Gasteiger partial charge in [-0.05, 0) is 63.8 Å². The van der Waals surface area contributed by atoms with E-state index in [1.807, 2.05) is 39.0 Å². The Balaban J connectivity index is 2.50. The number of rotatable bonds is 6. The van der Waals surface area contributed by atoms with Crippen LogP contribution in [-0.2, 0) is 28.9 Å². The van der Waals surface area contributed by atoms with Crippen molar-refractivity contribution in [1.29, 1.82) is 0 Å². The van der Waals surface area contributed by atoms with Gasteiger partial charge in [0.2, 0.25) is 0 Å². The number of nitrogens with zero attached hydrogens (tertiary/aromatic N) is 1. The third kappa shape index (κ3) is 4.32. The van der Waals surface area contributed by atoms with E-state index < -0.39 is 5.60 Å². The number of carbonyl (C=O) groups is 1. The van der Waals surface area contributed by atoms with Gasteiger partial charge in [-0.15, -0.1) is 0 Å². The van der Waals surface area contributed by atoms with E-state index in [2.05, 4.69) is 18.4 Å². The second-order valence-electron chi connectivity index (χ2n) is 7.22. The summed E-state index contributed by atoms with van der Waals surface area (Å²) in [6.45, 7) is 10.3. The van der Waals surface area contributed by atoms with Crippen molar-refractivity contribution in [2.45, 2.75) is 72.4 Å². The second kappa shape index (κ2) is 7.60. The molecule has 0 spiro atoms. The highest BCUT2D eigenvalue weighted by molar-refractivity contribution is 6.31. The van der Waals surface area contributed by atoms with Gasteiger partial charge in [-0.1, -0.05) is 31.9 Å². The van der Waals surface area contributed by atoms with E-state index in [1.165, 1.54) is 11.3 Å². The van der Waals surface area contributed by atoms with E-state index in [1.54, 1.807) is 0 Å². The van der Waals surface area contributed by atoms with E-state index in [4.69, 9.17) is 16.3 Å². The monoisotopic (exact) mass is 349 g/mol. The number of esters is 1. The third-order valence-electron chi connectivity index (χ3n) is 4.08. The predicted octanol–water partition coefficient (Wildman–Crippen LogP) is 5.54. The lowest BCUT2D eigenvalue weighted by Gasteiger charge is -2.20. The maximum Gasteiger partial charge on any atom is 0.326 e. The molecule has 0 amide bonds. The standard InChI is InChI=1S/C20H28ClNO2/c1-6-8-9-17-15(7-2)16-12-14(21)10-11-18(16)22(17)13-19(23)24-20(3,4)5/h10-12H,6-9,13H2,1-5H3. The van der Waals surface area contributed by atoms with Crippen LogP contribution in [-0.4, -0.2) is 16.1 Å². The maximum absolute atomic E-state index is 12.4. The molecule has 24 heavy (non-hydrogen) atoms. The molecule has 0 atom stereocenters. The topological polar surface area (TPSA) is 31.2 Å². The first-order valence-electron chi connectivity index (χ1n) is 8.78. The van der Waals surface area contributed by atoms with Crippen molar-refractivity contribution in [3.8, 4) is 0 Å². The molecule has 0 saturated carbocycles. The summed E-state index contributed by atoms with van der Waals surface area (Å²) in [5, 5.41) is 1.88. The molecule has 0 aliphatic carbocycles. The molecule has 0 saturated heterocycles. The van der Waals surface area contributed by atoms with Crippen molar-refractivity contribution in [1.82, 2.24) is 4.57 Å². The molecule has 0 aliphatic heterocycles. The Bertz CT molecular complexity index is 725. The summed E-state index contributed by atoms with van der Waals surface area (Å²) in [5.74, 6) is -0.199. The van der Waals surface area contributed by atoms with Crippen LogP contribution in [0, 0.1) is 0 Å². The van der Waals surface area contributed by atoms with Gasteiger partial charge in [0.1, 0.15) is 12.1 Å². The quantitative estimate of drug-likeness (QED) is 0.641. The minimum Gasteiger partial charge on any atom is -0.459 e. The molecular formula is C20H28ClNO2. The third-order valence-corrected chi connectivity index (χ3v) is 4.31. The minimum absolute atomic E-state index is 0.199. The summed E-state index contributed by atoms with van der Waals surface area (Å²) >= 11 is 6.21. The predicted molar refractivity (Wildman–Crippen MR) is 101 cm³/mol. The van der Waals surface area contributed by atoms with Crippen LogP contribution in [0.15, 0.2) is 18.2 Å². The minimum atomic E-state index is -0.472. The van der Waals surface area contributed by atoms with Crippen LogP contribution in [0.2, 0.25) is 5.02 Å². The van der Waals surface area contributed by atoms with Gasteiger partial charge in [0.05, 0.1) is 0 Å². The van der Waals surface area contributed by atoms with E-state index in [0.717, 1.165) is 41.6 Å². The van der Waals surface area contributed by atoms with Gasteiger partial charge in [-0.3, -0.25) is 4.79 Å². The second-order valence-corrected chi connectivity index (χ2v) is 7.65. The number of carbonyl (C=O) groups excluding carboxylic acids is 1. The average Bonchev–Trinajstić information content (AvgIpc) is 2.75. The summed E-state index contributed by atoms with van der Waals surface area (Å²) in [4.78, 5) is 12.4. The molecule has 0 aliphatic rings. The van der Waals surface area contributed by atoms with Crippen LogP contribution in [0.25, 0.3) is 10.9 Å². The van der Waals surface area contributed by atoms with Gasteiger partial charge in [0, 0.05) is 21.6 Å². The molecule has 3 nitrogen and oxygen atoms in total. The molecule has 1 aromatic carbocycles. The number of hydrogen-bond acceptors (Lipinski definition) is 2. The molecule has 1 heterocycles. The van der Waals surface area contributed by atoms with E-state index >= 15 is 0 Å². The van der Waals surface area contributed by atoms with Crippen LogP contribution < -0.4 is 0 Å². The molecule has 0 unspecified atom stereocenters. The first-order valence-corrected chi connectivity index (χ1v) is 9.16. The van der Waals surface area contributed by atoms with E-state index in [0.29, 0.717) is 0 Å². The Hall–Kier alpha value is -1.48. The number of unbranched alkanes of at least 4 members (excludes halogenated alkanes) is 1. The van der Waals surface area contributed by atoms with Gasteiger partial charge in [0.15, 0.2) is 0 Å². The number of ether oxygens (including phenoxy) is 1. The van der Waals surface area contributed by atoms with Crippen molar-refractivity contribution in [3.63, 3.8) is 0 Å². The van der Waals surface area contributed by atoms with E-state index in [9.17, 15) is 4.79 Å². The summed E-state index contributed by atoms with van der Waals surface area (Å²) in [5.41, 5.74) is 3.13. The number of benzene rings is 1. The molecule has 1 aromatic heterocycles. The maximum atomic E-state index is 12.4. The van der Waals surface area contributed by atoms with Crippen LogP contribution in [0.5, 0.6) is 0 Å². The fourth-order valence-electron chi connectivity index (χ4n) is 3.16. The zero-order chi connectivity index (χ0) is 17.9. The lowest BCUT2D eigenvalue weighted by molar-refractivity contribution is -0.155. The van der Waals surface area contributed by atoms with Gasteiger partial charge < -0.3 is 9.30 Å². The van der Waals surface area contributed by atoms with Gasteiger partial charge >= 0.3 is 5.97 Å². The number of aryl methyl sites for hydroxylation is 1. The Labute approximate surface area is 149 Å². The molecule has 0 radical (unpaired) electrons. The molecule has 0 bridgehead atoms. The summed E-state index contributed by atoms with van der Waals surface area (Å²) in [7, 11) is 0. The molecule has 2 aromatic rings. The number of fused-ring (bicyclic) bond motifs is 1. The highest BCUT2D eigenvalue weighted by atomic mass is 35.5. The highest BCUT2D eigenvalue weighted by Crippen LogP contribution is 2.30. The van der Waals surface area contributed by atoms with E-state index in [-0.39, 0.29) is 12.5 Å². The van der Waals surface area contributed by atoms with Crippen LogP contribution in [0.4, 0.5) is 0 Å². The first-order chi connectivity index (χ1) is 11.3. The summed E-state index contributed by atoms with van der Waals surface area (Å²) in [6, 6.07) is 5.91. The molecular weight excluding hydrogens is 322 g/mol. The summed E-state index contributed by atoms with van der Waals surface area (Å²) in [6.07, 6.45) is 4.12. The highest BCUT2D eigenvalue weighted by Gasteiger charge is 2.21. The first kappa shape index (κ1) is 18.9. The van der Waals surface area contributed by atoms with Crippen molar-refractivity contribution < 1.29 is 9.53 Å². The van der Waals surface area contributed by atoms with Gasteiger partial charge in [-0.2, -0.15) is 0 Å². The Kier molecular flexibility index (Phi) is 5.97. The number of aromatic nitrogens is 1. The lowest BCUT2D eigenvalue weighted by atomic mass is 10.1. The smallest absolute Gasteiger partial charge is 0.326 e. The van der Waals surface area contributed by atoms with Crippen LogP contribution >= 0.6 is 11.6 Å². The Morgan fingerprint density at radius 1 is 1.25 bits per heavy atom. The zero-order valence-corrected chi connectivity index (χ0v) is 16.2. The number of hydrogen-bond donors (Lipinski definition) is 0. The fraction of sp³-hybridized carbons (Fsp3) is 0.550. The average molecular weight is 350 g/mol. The zero-order valence-electron chi connectivity index (χ0n) is 15.4. The molecule has 132 valence electrons. The van der Waals surface area contributed by atoms with Crippen molar-refractivity contribution in [2.75, 3.05) is 0 Å². The Morgan fingerprint density at radius 2 is 1.96 bits per heavy atom. The molecule has 2 rings (SSSR count). The molecule has 0 N–H and O–H groups in total. The number of halogens is 1. The lowest BCUT2D eigenvalue weighted by Crippen LogP contribution is -2.27.